The molecule has 4 rings (SSSR count). The summed E-state index contributed by atoms with van der Waals surface area (Å²) in [4.78, 5) is 25.5. The van der Waals surface area contributed by atoms with Crippen molar-refractivity contribution in [2.45, 2.75) is 65.7 Å². The van der Waals surface area contributed by atoms with Crippen molar-refractivity contribution in [3.63, 3.8) is 0 Å². The zero-order valence-electron chi connectivity index (χ0n) is 14.2. The molecule has 0 aliphatic heterocycles. The monoisotopic (exact) mass is 300 g/mol. The number of rotatable bonds is 0. The third-order valence-electron chi connectivity index (χ3n) is 8.27. The first-order valence-corrected chi connectivity index (χ1v) is 9.00. The van der Waals surface area contributed by atoms with E-state index in [-0.39, 0.29) is 16.2 Å². The van der Waals surface area contributed by atoms with Gasteiger partial charge in [-0.1, -0.05) is 27.4 Å². The van der Waals surface area contributed by atoms with Crippen LogP contribution in [0.25, 0.3) is 0 Å². The first kappa shape index (κ1) is 14.7. The Labute approximate surface area is 133 Å². The van der Waals surface area contributed by atoms with E-state index in [0.29, 0.717) is 35.7 Å². The molecule has 0 amide bonds. The van der Waals surface area contributed by atoms with Crippen LogP contribution in [0.4, 0.5) is 0 Å². The molecular weight excluding hydrogens is 272 g/mol. The molecule has 5 atom stereocenters. The summed E-state index contributed by atoms with van der Waals surface area (Å²) in [5.41, 5.74) is 0.725. The van der Waals surface area contributed by atoms with Gasteiger partial charge in [-0.3, -0.25) is 9.59 Å². The number of carbonyl (C=O) groups is 2. The number of fused-ring (bicyclic) bond motifs is 3. The maximum absolute atomic E-state index is 13.0. The Morgan fingerprint density at radius 3 is 2.45 bits per heavy atom. The van der Waals surface area contributed by atoms with Crippen molar-refractivity contribution in [3.8, 4) is 0 Å². The summed E-state index contributed by atoms with van der Waals surface area (Å²) in [6.07, 6.45) is 7.05. The summed E-state index contributed by atoms with van der Waals surface area (Å²) in [5, 5.41) is 0. The van der Waals surface area contributed by atoms with E-state index in [2.05, 4.69) is 27.4 Å². The number of allylic oxidation sites excluding steroid dienone is 1. The van der Waals surface area contributed by atoms with E-state index in [4.69, 9.17) is 0 Å². The Kier molecular flexibility index (Phi) is 2.75. The Morgan fingerprint density at radius 2 is 1.73 bits per heavy atom. The van der Waals surface area contributed by atoms with Gasteiger partial charge in [-0.25, -0.2) is 0 Å². The Hall–Kier alpha value is -0.920. The van der Waals surface area contributed by atoms with E-state index in [0.717, 1.165) is 44.1 Å². The molecule has 1 spiro atoms. The average Bonchev–Trinajstić information content (AvgIpc) is 2.65. The maximum atomic E-state index is 13.0. The zero-order valence-corrected chi connectivity index (χ0v) is 14.2. The Morgan fingerprint density at radius 1 is 1.00 bits per heavy atom. The molecule has 0 heterocycles. The second-order valence-electron chi connectivity index (χ2n) is 9.28. The zero-order chi connectivity index (χ0) is 15.9. The molecule has 4 aliphatic carbocycles. The number of hydrogen-bond acceptors (Lipinski definition) is 2. The third-order valence-corrected chi connectivity index (χ3v) is 8.27. The minimum absolute atomic E-state index is 0.123. The highest BCUT2D eigenvalue weighted by molar-refractivity contribution is 6.03. The number of carbonyl (C=O) groups excluding carboxylic acids is 2. The van der Waals surface area contributed by atoms with Gasteiger partial charge >= 0.3 is 0 Å². The summed E-state index contributed by atoms with van der Waals surface area (Å²) in [5.74, 6) is 2.17. The lowest BCUT2D eigenvalue weighted by molar-refractivity contribution is -0.169. The van der Waals surface area contributed by atoms with Crippen LogP contribution in [0.3, 0.4) is 0 Å². The highest BCUT2D eigenvalue weighted by Crippen LogP contribution is 2.70. The Bertz CT molecular complexity index is 587. The van der Waals surface area contributed by atoms with E-state index in [1.165, 1.54) is 0 Å². The highest BCUT2D eigenvalue weighted by atomic mass is 16.1. The maximum Gasteiger partial charge on any atom is 0.165 e. The van der Waals surface area contributed by atoms with Crippen LogP contribution < -0.4 is 0 Å². The van der Waals surface area contributed by atoms with Crippen LogP contribution in [0.2, 0.25) is 0 Å². The van der Waals surface area contributed by atoms with Crippen molar-refractivity contribution in [2.24, 2.45) is 34.0 Å². The minimum Gasteiger partial charge on any atom is -0.299 e. The van der Waals surface area contributed by atoms with E-state index < -0.39 is 0 Å². The van der Waals surface area contributed by atoms with Crippen LogP contribution >= 0.6 is 0 Å². The van der Waals surface area contributed by atoms with Crippen LogP contribution in [0.5, 0.6) is 0 Å². The summed E-state index contributed by atoms with van der Waals surface area (Å²) in [6.45, 7) is 10.8. The predicted octanol–water partition coefficient (Wildman–Crippen LogP) is 4.33. The lowest BCUT2D eigenvalue weighted by Crippen LogP contribution is -2.59. The fraction of sp³-hybridized carbons (Fsp3) is 0.800. The average molecular weight is 300 g/mol. The summed E-state index contributed by atoms with van der Waals surface area (Å²) >= 11 is 0. The third kappa shape index (κ3) is 1.47. The Balaban J connectivity index is 1.80. The van der Waals surface area contributed by atoms with Crippen molar-refractivity contribution in [1.82, 2.24) is 0 Å². The molecule has 2 heteroatoms. The summed E-state index contributed by atoms with van der Waals surface area (Å²) in [6, 6.07) is 0. The fourth-order valence-corrected chi connectivity index (χ4v) is 7.14. The minimum atomic E-state index is -0.218. The largest absolute Gasteiger partial charge is 0.299 e. The van der Waals surface area contributed by atoms with Gasteiger partial charge in [0, 0.05) is 17.3 Å². The normalized spacial score (nSPS) is 49.8. The van der Waals surface area contributed by atoms with Gasteiger partial charge in [0.15, 0.2) is 5.78 Å². The molecule has 0 saturated heterocycles. The van der Waals surface area contributed by atoms with E-state index >= 15 is 0 Å². The fourth-order valence-electron chi connectivity index (χ4n) is 7.14. The van der Waals surface area contributed by atoms with E-state index in [1.807, 2.05) is 0 Å². The molecule has 0 aromatic heterocycles. The van der Waals surface area contributed by atoms with Gasteiger partial charge in [-0.15, -0.1) is 0 Å². The SMILES string of the molecule is C=C1C(=O)C23CCC4C(C)(C)C(=O)CCC4(C)C2CCC1C3. The molecule has 120 valence electrons. The number of Topliss-reactive ketones (excluding diaryl/α,β-unsaturated/α-hetero) is 2. The standard InChI is InChI=1S/C20H28O2/c1-12-13-5-6-15-19(4)9-8-16(21)18(2,3)14(19)7-10-20(15,11-13)17(12)22/h13-15H,1,5-11H2,2-4H3. The van der Waals surface area contributed by atoms with Gasteiger partial charge in [0.05, 0.1) is 0 Å². The molecular formula is C20H28O2. The van der Waals surface area contributed by atoms with Gasteiger partial charge in [0.25, 0.3) is 0 Å². The predicted molar refractivity (Wildman–Crippen MR) is 86.3 cm³/mol. The first-order chi connectivity index (χ1) is 10.2. The van der Waals surface area contributed by atoms with Crippen LogP contribution in [0, 0.1) is 34.0 Å². The van der Waals surface area contributed by atoms with Crippen LogP contribution in [-0.2, 0) is 9.59 Å². The molecule has 5 unspecified atom stereocenters. The van der Waals surface area contributed by atoms with Gasteiger partial charge in [0.2, 0.25) is 0 Å². The number of ketones is 2. The highest BCUT2D eigenvalue weighted by Gasteiger charge is 2.67. The molecule has 22 heavy (non-hydrogen) atoms. The summed E-state index contributed by atoms with van der Waals surface area (Å²) in [7, 11) is 0. The molecule has 4 saturated carbocycles. The molecule has 2 bridgehead atoms. The number of hydrogen-bond donors (Lipinski definition) is 0. The van der Waals surface area contributed by atoms with Crippen molar-refractivity contribution < 1.29 is 9.59 Å². The second-order valence-corrected chi connectivity index (χ2v) is 9.28. The van der Waals surface area contributed by atoms with Crippen molar-refractivity contribution in [1.29, 1.82) is 0 Å². The van der Waals surface area contributed by atoms with E-state index in [9.17, 15) is 9.59 Å². The molecule has 0 aromatic carbocycles. The molecule has 0 N–H and O–H groups in total. The smallest absolute Gasteiger partial charge is 0.165 e. The second kappa shape index (κ2) is 4.13. The van der Waals surface area contributed by atoms with Gasteiger partial charge in [-0.2, -0.15) is 0 Å². The van der Waals surface area contributed by atoms with Crippen LogP contribution in [-0.4, -0.2) is 11.6 Å². The quantitative estimate of drug-likeness (QED) is 0.624. The van der Waals surface area contributed by atoms with E-state index in [1.54, 1.807) is 0 Å². The molecule has 0 aromatic rings. The molecule has 4 aliphatic rings. The van der Waals surface area contributed by atoms with Crippen LogP contribution in [0.1, 0.15) is 65.7 Å². The summed E-state index contributed by atoms with van der Waals surface area (Å²) < 4.78 is 0. The molecule has 0 radical (unpaired) electrons. The van der Waals surface area contributed by atoms with Crippen LogP contribution in [0.15, 0.2) is 12.2 Å². The lowest BCUT2D eigenvalue weighted by atomic mass is 9.41. The topological polar surface area (TPSA) is 34.1 Å². The molecule has 2 nitrogen and oxygen atoms in total. The van der Waals surface area contributed by atoms with Gasteiger partial charge in [-0.05, 0) is 67.3 Å². The lowest BCUT2D eigenvalue weighted by Gasteiger charge is -2.62. The first-order valence-electron chi connectivity index (χ1n) is 9.00. The van der Waals surface area contributed by atoms with Gasteiger partial charge in [0.1, 0.15) is 5.78 Å². The molecule has 4 fully saturated rings. The van der Waals surface area contributed by atoms with Gasteiger partial charge < -0.3 is 0 Å². The van der Waals surface area contributed by atoms with Crippen molar-refractivity contribution in [2.75, 3.05) is 0 Å². The van der Waals surface area contributed by atoms with Crippen molar-refractivity contribution >= 4 is 11.6 Å². The van der Waals surface area contributed by atoms with Crippen molar-refractivity contribution in [3.05, 3.63) is 12.2 Å².